The zero-order valence-electron chi connectivity index (χ0n) is 19.5. The van der Waals surface area contributed by atoms with E-state index in [1.54, 1.807) is 24.5 Å². The lowest BCUT2D eigenvalue weighted by Gasteiger charge is -2.27. The van der Waals surface area contributed by atoms with Gasteiger partial charge < -0.3 is 10.2 Å². The van der Waals surface area contributed by atoms with Crippen molar-refractivity contribution in [3.63, 3.8) is 0 Å². The SMILES string of the molecule is CC(C)c1ccc(C(NC(=O)C2CC(F)CN2C(=O)Cc2ccncc2)c2ccccc2)cc1. The fourth-order valence-corrected chi connectivity index (χ4v) is 4.40. The van der Waals surface area contributed by atoms with E-state index in [1.165, 1.54) is 10.5 Å². The molecule has 0 bridgehead atoms. The Morgan fingerprint density at radius 1 is 0.971 bits per heavy atom. The summed E-state index contributed by atoms with van der Waals surface area (Å²) in [7, 11) is 0. The summed E-state index contributed by atoms with van der Waals surface area (Å²) in [6.07, 6.45) is 2.12. The van der Waals surface area contributed by atoms with Gasteiger partial charge in [0.25, 0.3) is 0 Å². The summed E-state index contributed by atoms with van der Waals surface area (Å²) in [5, 5.41) is 3.10. The van der Waals surface area contributed by atoms with Crippen molar-refractivity contribution in [3.8, 4) is 0 Å². The first kappa shape index (κ1) is 23.6. The van der Waals surface area contributed by atoms with E-state index >= 15 is 0 Å². The standard InChI is InChI=1S/C28H30FN3O2/c1-19(2)21-8-10-23(11-9-21)27(22-6-4-3-5-7-22)31-28(34)25-17-24(29)18-32(25)26(33)16-20-12-14-30-15-13-20/h3-15,19,24-25,27H,16-18H2,1-2H3,(H,31,34). The molecule has 3 unspecified atom stereocenters. The van der Waals surface area contributed by atoms with E-state index in [9.17, 15) is 14.0 Å². The minimum atomic E-state index is -1.22. The Labute approximate surface area is 200 Å². The van der Waals surface area contributed by atoms with Crippen molar-refractivity contribution in [2.45, 2.75) is 50.9 Å². The number of nitrogens with one attached hydrogen (secondary N) is 1. The molecule has 1 fully saturated rings. The van der Waals surface area contributed by atoms with Gasteiger partial charge in [0.2, 0.25) is 11.8 Å². The maximum Gasteiger partial charge on any atom is 0.243 e. The summed E-state index contributed by atoms with van der Waals surface area (Å²) in [4.78, 5) is 31.7. The molecule has 1 aromatic heterocycles. The van der Waals surface area contributed by atoms with Gasteiger partial charge in [-0.1, -0.05) is 68.4 Å². The van der Waals surface area contributed by atoms with Gasteiger partial charge in [-0.2, -0.15) is 0 Å². The third-order valence-corrected chi connectivity index (χ3v) is 6.33. The van der Waals surface area contributed by atoms with Crippen LogP contribution in [-0.2, 0) is 16.0 Å². The van der Waals surface area contributed by atoms with E-state index in [1.807, 2.05) is 42.5 Å². The first-order valence-corrected chi connectivity index (χ1v) is 11.7. The molecule has 34 heavy (non-hydrogen) atoms. The van der Waals surface area contributed by atoms with Crippen LogP contribution in [0.15, 0.2) is 79.1 Å². The van der Waals surface area contributed by atoms with E-state index in [0.717, 1.165) is 16.7 Å². The van der Waals surface area contributed by atoms with Crippen molar-refractivity contribution < 1.29 is 14.0 Å². The minimum absolute atomic E-state index is 0.00170. The van der Waals surface area contributed by atoms with Gasteiger partial charge in [-0.3, -0.25) is 14.6 Å². The summed E-state index contributed by atoms with van der Waals surface area (Å²) < 4.78 is 14.4. The van der Waals surface area contributed by atoms with Gasteiger partial charge in [0.05, 0.1) is 19.0 Å². The second-order valence-corrected chi connectivity index (χ2v) is 9.10. The molecule has 0 spiro atoms. The zero-order valence-corrected chi connectivity index (χ0v) is 19.5. The van der Waals surface area contributed by atoms with Crippen LogP contribution in [0.2, 0.25) is 0 Å². The second-order valence-electron chi connectivity index (χ2n) is 9.10. The van der Waals surface area contributed by atoms with E-state index < -0.39 is 18.3 Å². The molecule has 1 aliphatic rings. The fourth-order valence-electron chi connectivity index (χ4n) is 4.40. The highest BCUT2D eigenvalue weighted by Crippen LogP contribution is 2.27. The maximum atomic E-state index is 14.4. The molecule has 2 amide bonds. The molecule has 0 aliphatic carbocycles. The second kappa shape index (κ2) is 10.6. The summed E-state index contributed by atoms with van der Waals surface area (Å²) in [6.45, 7) is 4.20. The van der Waals surface area contributed by atoms with E-state index in [0.29, 0.717) is 5.92 Å². The Hall–Kier alpha value is -3.54. The number of carbonyl (C=O) groups is 2. The summed E-state index contributed by atoms with van der Waals surface area (Å²) >= 11 is 0. The number of aromatic nitrogens is 1. The number of likely N-dealkylation sites (tertiary alicyclic amines) is 1. The zero-order chi connectivity index (χ0) is 24.1. The smallest absolute Gasteiger partial charge is 0.243 e. The average molecular weight is 460 g/mol. The number of alkyl halides is 1. The van der Waals surface area contributed by atoms with Gasteiger partial charge in [0.1, 0.15) is 12.2 Å². The van der Waals surface area contributed by atoms with Gasteiger partial charge in [0.15, 0.2) is 0 Å². The molecular weight excluding hydrogens is 429 g/mol. The summed E-state index contributed by atoms with van der Waals surface area (Å²) in [5.74, 6) is -0.201. The lowest BCUT2D eigenvalue weighted by molar-refractivity contribution is -0.138. The van der Waals surface area contributed by atoms with Crippen molar-refractivity contribution in [1.29, 1.82) is 0 Å². The molecule has 0 saturated carbocycles. The highest BCUT2D eigenvalue weighted by molar-refractivity contribution is 5.89. The van der Waals surface area contributed by atoms with Crippen LogP contribution in [0.3, 0.4) is 0 Å². The van der Waals surface area contributed by atoms with Crippen molar-refractivity contribution in [3.05, 3.63) is 101 Å². The molecule has 1 aliphatic heterocycles. The maximum absolute atomic E-state index is 14.4. The molecule has 3 atom stereocenters. The monoisotopic (exact) mass is 459 g/mol. The molecule has 1 N–H and O–H groups in total. The largest absolute Gasteiger partial charge is 0.343 e. The van der Waals surface area contributed by atoms with E-state index in [-0.39, 0.29) is 31.2 Å². The predicted octanol–water partition coefficient (Wildman–Crippen LogP) is 4.59. The van der Waals surface area contributed by atoms with Crippen molar-refractivity contribution in [1.82, 2.24) is 15.2 Å². The van der Waals surface area contributed by atoms with Gasteiger partial charge in [-0.25, -0.2) is 4.39 Å². The summed E-state index contributed by atoms with van der Waals surface area (Å²) in [6, 6.07) is 20.1. The molecular formula is C28H30FN3O2. The Morgan fingerprint density at radius 3 is 2.24 bits per heavy atom. The number of amides is 2. The molecule has 5 nitrogen and oxygen atoms in total. The van der Waals surface area contributed by atoms with Crippen LogP contribution in [0.1, 0.15) is 54.5 Å². The van der Waals surface area contributed by atoms with Crippen LogP contribution in [-0.4, -0.2) is 40.5 Å². The Balaban J connectivity index is 1.55. The van der Waals surface area contributed by atoms with Crippen LogP contribution in [0, 0.1) is 0 Å². The van der Waals surface area contributed by atoms with Crippen LogP contribution in [0.25, 0.3) is 0 Å². The lowest BCUT2D eigenvalue weighted by Crippen LogP contribution is -2.47. The van der Waals surface area contributed by atoms with Crippen molar-refractivity contribution in [2.24, 2.45) is 0 Å². The van der Waals surface area contributed by atoms with Gasteiger partial charge >= 0.3 is 0 Å². The molecule has 6 heteroatoms. The topological polar surface area (TPSA) is 62.3 Å². The van der Waals surface area contributed by atoms with Crippen LogP contribution < -0.4 is 5.32 Å². The highest BCUT2D eigenvalue weighted by Gasteiger charge is 2.40. The van der Waals surface area contributed by atoms with Crippen LogP contribution in [0.5, 0.6) is 0 Å². The third-order valence-electron chi connectivity index (χ3n) is 6.33. The lowest BCUT2D eigenvalue weighted by atomic mass is 9.95. The van der Waals surface area contributed by atoms with Crippen molar-refractivity contribution >= 4 is 11.8 Å². The Kier molecular flexibility index (Phi) is 7.36. The first-order valence-electron chi connectivity index (χ1n) is 11.7. The molecule has 176 valence electrons. The van der Waals surface area contributed by atoms with Crippen molar-refractivity contribution in [2.75, 3.05) is 6.54 Å². The Bertz CT molecular complexity index is 1100. The molecule has 4 rings (SSSR count). The number of hydrogen-bond donors (Lipinski definition) is 1. The molecule has 2 aromatic carbocycles. The van der Waals surface area contributed by atoms with Gasteiger partial charge in [-0.15, -0.1) is 0 Å². The quantitative estimate of drug-likeness (QED) is 0.562. The van der Waals surface area contributed by atoms with Crippen LogP contribution >= 0.6 is 0 Å². The number of halogens is 1. The average Bonchev–Trinajstić information content (AvgIpc) is 3.25. The molecule has 2 heterocycles. The number of hydrogen-bond acceptors (Lipinski definition) is 3. The number of rotatable bonds is 7. The number of pyridine rings is 1. The predicted molar refractivity (Wildman–Crippen MR) is 130 cm³/mol. The Morgan fingerprint density at radius 2 is 1.59 bits per heavy atom. The minimum Gasteiger partial charge on any atom is -0.343 e. The normalized spacial score (nSPS) is 18.6. The first-order chi connectivity index (χ1) is 16.4. The molecule has 0 radical (unpaired) electrons. The van der Waals surface area contributed by atoms with E-state index in [4.69, 9.17) is 0 Å². The number of nitrogens with zero attached hydrogens (tertiary/aromatic N) is 2. The number of benzene rings is 2. The van der Waals surface area contributed by atoms with Crippen LogP contribution in [0.4, 0.5) is 4.39 Å². The fraction of sp³-hybridized carbons (Fsp3) is 0.321. The summed E-state index contributed by atoms with van der Waals surface area (Å²) in [5.41, 5.74) is 3.87. The van der Waals surface area contributed by atoms with Gasteiger partial charge in [-0.05, 0) is 40.3 Å². The van der Waals surface area contributed by atoms with Gasteiger partial charge in [0, 0.05) is 18.8 Å². The number of carbonyl (C=O) groups excluding carboxylic acids is 2. The molecule has 3 aromatic rings. The highest BCUT2D eigenvalue weighted by atomic mass is 19.1. The molecule has 1 saturated heterocycles. The van der Waals surface area contributed by atoms with E-state index in [2.05, 4.69) is 36.3 Å². The third kappa shape index (κ3) is 5.50.